The van der Waals surface area contributed by atoms with Crippen molar-refractivity contribution in [1.29, 1.82) is 0 Å². The lowest BCUT2D eigenvalue weighted by Crippen LogP contribution is -2.33. The van der Waals surface area contributed by atoms with Crippen molar-refractivity contribution in [1.82, 2.24) is 0 Å². The maximum atomic E-state index is 10.5. The van der Waals surface area contributed by atoms with Crippen LogP contribution in [-0.4, -0.2) is 33.9 Å². The molecule has 3 rings (SSSR count). The third-order valence-electron chi connectivity index (χ3n) is 5.70. The van der Waals surface area contributed by atoms with Crippen molar-refractivity contribution in [2.75, 3.05) is 6.54 Å². The highest BCUT2D eigenvalue weighted by atomic mass is 16.4. The number of aliphatic imine (C=N–C) groups is 1. The van der Waals surface area contributed by atoms with E-state index in [4.69, 9.17) is 10.5 Å². The second kappa shape index (κ2) is 9.62. The highest BCUT2D eigenvalue weighted by Gasteiger charge is 2.42. The number of carboxylic acids is 1. The van der Waals surface area contributed by atoms with Crippen molar-refractivity contribution in [2.45, 2.75) is 58.8 Å². The van der Waals surface area contributed by atoms with Gasteiger partial charge in [0, 0.05) is 37.1 Å². The van der Waals surface area contributed by atoms with E-state index in [1.165, 1.54) is 28.5 Å². The molecule has 0 amide bonds. The smallest absolute Gasteiger partial charge is 0.303 e. The van der Waals surface area contributed by atoms with Gasteiger partial charge >= 0.3 is 5.97 Å². The molecule has 2 aromatic rings. The Morgan fingerprint density at radius 2 is 1.87 bits per heavy atom. The van der Waals surface area contributed by atoms with E-state index in [-0.39, 0.29) is 11.8 Å². The topological polar surface area (TPSA) is 132 Å². The third kappa shape index (κ3) is 5.03. The largest absolute Gasteiger partial charge is 0.869 e. The van der Waals surface area contributed by atoms with Gasteiger partial charge in [-0.05, 0) is 45.4 Å². The lowest BCUT2D eigenvalue weighted by molar-refractivity contribution is -0.439. The molecule has 1 heterocycles. The highest BCUT2D eigenvalue weighted by Crippen LogP contribution is 2.40. The molecule has 0 radical (unpaired) electrons. The molecule has 0 bridgehead atoms. The van der Waals surface area contributed by atoms with E-state index in [9.17, 15) is 19.5 Å². The second-order valence-electron chi connectivity index (χ2n) is 8.13. The van der Waals surface area contributed by atoms with E-state index in [0.717, 1.165) is 25.8 Å². The number of aliphatic carboxylic acids is 1. The summed E-state index contributed by atoms with van der Waals surface area (Å²) in [5, 5.41) is 26.9. The second-order valence-corrected chi connectivity index (χ2v) is 8.13. The monoisotopic (exact) mass is 424 g/mol. The highest BCUT2D eigenvalue weighted by molar-refractivity contribution is 5.93. The van der Waals surface area contributed by atoms with Crippen LogP contribution in [0.2, 0.25) is 0 Å². The van der Waals surface area contributed by atoms with Crippen molar-refractivity contribution in [3.8, 4) is 5.75 Å². The predicted molar refractivity (Wildman–Crippen MR) is 117 cm³/mol. The fourth-order valence-electron chi connectivity index (χ4n) is 3.62. The van der Waals surface area contributed by atoms with E-state index in [1.807, 2.05) is 0 Å². The number of nitrogens with zero attached hydrogens (tertiary/aromatic N) is 3. The quantitative estimate of drug-likeness (QED) is 0.316. The number of hydrogen-bond acceptors (Lipinski definition) is 5. The molecule has 164 valence electrons. The number of carbonyl (C=O) groups is 1. The number of carboxylic acid groups (broad SMARTS) is 1. The number of hydrogen-bond donors (Lipinski definition) is 1. The van der Waals surface area contributed by atoms with Gasteiger partial charge in [-0.1, -0.05) is 11.6 Å². The molecule has 8 nitrogen and oxygen atoms in total. The van der Waals surface area contributed by atoms with Gasteiger partial charge in [-0.2, -0.15) is 10.6 Å². The van der Waals surface area contributed by atoms with Gasteiger partial charge < -0.3 is 20.6 Å². The SMILES string of the molecule is CC1=[N+](CCCCCC(=O)O)c2ccc(C)cc2C1(C)C.[N-]=C=Nc1c([O-])c(=O)c1=O. The Bertz CT molecular complexity index is 1150. The zero-order valence-electron chi connectivity index (χ0n) is 18.2. The summed E-state index contributed by atoms with van der Waals surface area (Å²) >= 11 is 0. The summed E-state index contributed by atoms with van der Waals surface area (Å²) in [7, 11) is 0. The molecule has 0 aliphatic carbocycles. The first-order chi connectivity index (χ1) is 14.5. The van der Waals surface area contributed by atoms with Crippen LogP contribution in [0.3, 0.4) is 0 Å². The molecule has 1 aliphatic rings. The Morgan fingerprint density at radius 1 is 1.19 bits per heavy atom. The van der Waals surface area contributed by atoms with Gasteiger partial charge in [-0.25, -0.2) is 0 Å². The van der Waals surface area contributed by atoms with Crippen LogP contribution < -0.4 is 16.0 Å². The number of unbranched alkanes of at least 4 members (excludes halogenated alkanes) is 2. The number of aryl methyl sites for hydroxylation is 1. The van der Waals surface area contributed by atoms with Crippen LogP contribution in [0.15, 0.2) is 32.8 Å². The molecule has 0 fully saturated rings. The van der Waals surface area contributed by atoms with Gasteiger partial charge in [0.2, 0.25) is 16.5 Å². The van der Waals surface area contributed by atoms with Crippen molar-refractivity contribution in [3.05, 3.63) is 55.2 Å². The molecule has 0 saturated carbocycles. The molecular formula is C23H26N3O5-. The Kier molecular flexibility index (Phi) is 7.41. The zero-order chi connectivity index (χ0) is 23.3. The molecule has 0 atom stereocenters. The van der Waals surface area contributed by atoms with E-state index >= 15 is 0 Å². The van der Waals surface area contributed by atoms with Gasteiger partial charge in [0.15, 0.2) is 5.71 Å². The number of benzene rings is 1. The first kappa shape index (κ1) is 23.9. The van der Waals surface area contributed by atoms with Crippen LogP contribution in [0.4, 0.5) is 11.4 Å². The molecule has 31 heavy (non-hydrogen) atoms. The Balaban J connectivity index is 0.000000285. The molecule has 0 spiro atoms. The minimum atomic E-state index is -1.09. The third-order valence-corrected chi connectivity index (χ3v) is 5.70. The number of rotatable bonds is 7. The summed E-state index contributed by atoms with van der Waals surface area (Å²) < 4.78 is 2.41. The standard InChI is InChI=1S/C18H25NO2.C5HN2O3/c1-13-9-10-16-15(12-13)18(3,4)14(2)19(16)11-7-5-6-8-17(20)21;6-1-7-2-3(8)5(10)4(2)9/h9-10,12H,5-8,11H2,1-4H3;8H/q;-1. The van der Waals surface area contributed by atoms with Gasteiger partial charge in [-0.15, -0.1) is 0 Å². The molecule has 2 aromatic carbocycles. The minimum Gasteiger partial charge on any atom is -0.869 e. The van der Waals surface area contributed by atoms with Crippen LogP contribution in [0, 0.1) is 6.92 Å². The first-order valence-electron chi connectivity index (χ1n) is 10.1. The van der Waals surface area contributed by atoms with Crippen LogP contribution in [-0.2, 0) is 10.2 Å². The Morgan fingerprint density at radius 3 is 2.45 bits per heavy atom. The molecule has 0 aromatic heterocycles. The van der Waals surface area contributed by atoms with Crippen molar-refractivity contribution < 1.29 is 19.6 Å². The molecule has 0 saturated heterocycles. The average Bonchev–Trinajstić information content (AvgIpc) is 2.91. The maximum absolute atomic E-state index is 10.5. The van der Waals surface area contributed by atoms with Gasteiger partial charge in [0.05, 0.1) is 5.41 Å². The van der Waals surface area contributed by atoms with Crippen LogP contribution in [0.25, 0.3) is 5.41 Å². The predicted octanol–water partition coefficient (Wildman–Crippen LogP) is 2.77. The summed E-state index contributed by atoms with van der Waals surface area (Å²) in [6, 6.07) is 7.93. The summed E-state index contributed by atoms with van der Waals surface area (Å²) in [5.74, 6) is -1.66. The van der Waals surface area contributed by atoms with Crippen molar-refractivity contribution >= 4 is 29.1 Å². The maximum Gasteiger partial charge on any atom is 0.303 e. The molecular weight excluding hydrogens is 398 g/mol. The summed E-state index contributed by atoms with van der Waals surface area (Å²) in [6.07, 6.45) is 3.06. The van der Waals surface area contributed by atoms with Crippen molar-refractivity contribution in [2.24, 2.45) is 4.99 Å². The molecule has 8 heteroatoms. The average molecular weight is 424 g/mol. The number of fused-ring (bicyclic) bond motifs is 1. The molecule has 1 aliphatic heterocycles. The Labute approximate surface area is 180 Å². The fourth-order valence-corrected chi connectivity index (χ4v) is 3.62. The zero-order valence-corrected chi connectivity index (χ0v) is 18.2. The van der Waals surface area contributed by atoms with Crippen LogP contribution >= 0.6 is 0 Å². The van der Waals surface area contributed by atoms with Gasteiger partial charge in [0.1, 0.15) is 6.54 Å². The minimum absolute atomic E-state index is 0.0857. The van der Waals surface area contributed by atoms with Gasteiger partial charge in [-0.3, -0.25) is 14.4 Å². The van der Waals surface area contributed by atoms with E-state index < -0.39 is 28.3 Å². The van der Waals surface area contributed by atoms with Gasteiger partial charge in [0.25, 0.3) is 0 Å². The molecule has 1 N–H and O–H groups in total. The van der Waals surface area contributed by atoms with Crippen LogP contribution in [0.1, 0.15) is 57.6 Å². The lowest BCUT2D eigenvalue weighted by Gasteiger charge is -2.15. The van der Waals surface area contributed by atoms with E-state index in [0.29, 0.717) is 0 Å². The van der Waals surface area contributed by atoms with Crippen molar-refractivity contribution in [3.63, 3.8) is 0 Å². The fraction of sp³-hybridized carbons (Fsp3) is 0.435. The summed E-state index contributed by atoms with van der Waals surface area (Å²) in [6.45, 7) is 9.90. The first-order valence-corrected chi connectivity index (χ1v) is 10.1. The lowest BCUT2D eigenvalue weighted by atomic mass is 9.82. The Hall–Kier alpha value is -3.38. The normalized spacial score (nSPS) is 13.9. The van der Waals surface area contributed by atoms with E-state index in [1.54, 1.807) is 0 Å². The molecule has 0 unspecified atom stereocenters. The summed E-state index contributed by atoms with van der Waals surface area (Å²) in [5.41, 5.74) is 2.90. The van der Waals surface area contributed by atoms with E-state index in [2.05, 4.69) is 55.5 Å². The van der Waals surface area contributed by atoms with Crippen LogP contribution in [0.5, 0.6) is 5.75 Å². The summed E-state index contributed by atoms with van der Waals surface area (Å²) in [4.78, 5) is 33.8.